The number of imide groups is 1. The Balaban J connectivity index is 1.56. The first-order valence-corrected chi connectivity index (χ1v) is 7.89. The molecule has 0 aliphatic carbocycles. The van der Waals surface area contributed by atoms with Crippen molar-refractivity contribution in [2.75, 3.05) is 18.5 Å². The van der Waals surface area contributed by atoms with Gasteiger partial charge in [-0.25, -0.2) is 4.79 Å². The summed E-state index contributed by atoms with van der Waals surface area (Å²) in [5, 5.41) is 2.36. The summed E-state index contributed by atoms with van der Waals surface area (Å²) in [5.74, 6) is -2.04. The maximum atomic E-state index is 12.2. The van der Waals surface area contributed by atoms with Gasteiger partial charge in [0.25, 0.3) is 11.8 Å². The first-order valence-electron chi connectivity index (χ1n) is 7.89. The lowest BCUT2D eigenvalue weighted by Crippen LogP contribution is -2.32. The summed E-state index contributed by atoms with van der Waals surface area (Å²) < 4.78 is 9.74. The molecule has 3 amide bonds. The average Bonchev–Trinajstić information content (AvgIpc) is 3.18. The Labute approximate surface area is 147 Å². The van der Waals surface area contributed by atoms with Crippen molar-refractivity contribution >= 4 is 29.7 Å². The van der Waals surface area contributed by atoms with Gasteiger partial charge in [0.2, 0.25) is 5.91 Å². The third-order valence-corrected chi connectivity index (χ3v) is 3.68. The van der Waals surface area contributed by atoms with E-state index in [4.69, 9.17) is 9.15 Å². The second kappa shape index (κ2) is 7.18. The zero-order valence-corrected chi connectivity index (χ0v) is 13.9. The van der Waals surface area contributed by atoms with Crippen molar-refractivity contribution in [3.8, 4) is 0 Å². The van der Waals surface area contributed by atoms with Gasteiger partial charge in [0.1, 0.15) is 6.26 Å². The van der Waals surface area contributed by atoms with Gasteiger partial charge in [-0.3, -0.25) is 24.6 Å². The van der Waals surface area contributed by atoms with Crippen molar-refractivity contribution in [3.63, 3.8) is 0 Å². The topological polar surface area (TPSA) is 119 Å². The van der Waals surface area contributed by atoms with Crippen LogP contribution in [0.2, 0.25) is 0 Å². The van der Waals surface area contributed by atoms with E-state index >= 15 is 0 Å². The molecular weight excluding hydrogens is 342 g/mol. The molecule has 1 N–H and O–H groups in total. The molecule has 0 unspecified atom stereocenters. The normalized spacial score (nSPS) is 12.9. The molecule has 9 heteroatoms. The van der Waals surface area contributed by atoms with Crippen LogP contribution in [0, 0.1) is 0 Å². The highest BCUT2D eigenvalue weighted by Crippen LogP contribution is 2.22. The van der Waals surface area contributed by atoms with Gasteiger partial charge in [0, 0.05) is 13.0 Å². The number of ether oxygens (including phenoxy) is 1. The molecule has 1 aliphatic heterocycles. The van der Waals surface area contributed by atoms with Crippen LogP contribution in [-0.4, -0.2) is 46.7 Å². The number of rotatable bonds is 6. The minimum absolute atomic E-state index is 0.0671. The van der Waals surface area contributed by atoms with E-state index in [1.807, 2.05) is 0 Å². The number of nitrogens with one attached hydrogen (secondary N) is 1. The summed E-state index contributed by atoms with van der Waals surface area (Å²) in [6, 6.07) is 6.31. The largest absolute Gasteiger partial charge is 0.461 e. The molecule has 134 valence electrons. The third-order valence-electron chi connectivity index (χ3n) is 3.68. The Morgan fingerprint density at radius 2 is 1.85 bits per heavy atom. The molecule has 1 aromatic carbocycles. The molecule has 2 aromatic rings. The third kappa shape index (κ3) is 3.32. The number of hydrogen-bond acceptors (Lipinski definition) is 7. The van der Waals surface area contributed by atoms with Crippen molar-refractivity contribution in [3.05, 3.63) is 47.3 Å². The molecular formula is C17H15N3O6. The Morgan fingerprint density at radius 1 is 1.19 bits per heavy atom. The molecule has 9 nitrogen and oxygen atoms in total. The van der Waals surface area contributed by atoms with Crippen LogP contribution in [0.1, 0.15) is 44.5 Å². The van der Waals surface area contributed by atoms with Crippen molar-refractivity contribution in [1.29, 1.82) is 0 Å². The Bertz CT molecular complexity index is 853. The summed E-state index contributed by atoms with van der Waals surface area (Å²) in [6.07, 6.45) is 0.931. The fraction of sp³-hybridized carbons (Fsp3) is 0.235. The van der Waals surface area contributed by atoms with Gasteiger partial charge in [-0.05, 0) is 19.1 Å². The lowest BCUT2D eigenvalue weighted by atomic mass is 10.1. The van der Waals surface area contributed by atoms with Crippen LogP contribution in [0.4, 0.5) is 6.01 Å². The maximum Gasteiger partial charge on any atom is 0.360 e. The van der Waals surface area contributed by atoms with E-state index in [1.54, 1.807) is 31.2 Å². The number of benzene rings is 1. The Morgan fingerprint density at radius 3 is 2.46 bits per heavy atom. The van der Waals surface area contributed by atoms with Gasteiger partial charge in [0.15, 0.2) is 5.69 Å². The van der Waals surface area contributed by atoms with Gasteiger partial charge >= 0.3 is 12.0 Å². The predicted octanol–water partition coefficient (Wildman–Crippen LogP) is 1.48. The van der Waals surface area contributed by atoms with Gasteiger partial charge < -0.3 is 9.15 Å². The number of oxazole rings is 1. The second-order valence-corrected chi connectivity index (χ2v) is 5.36. The number of esters is 1. The highest BCUT2D eigenvalue weighted by atomic mass is 16.5. The summed E-state index contributed by atoms with van der Waals surface area (Å²) in [7, 11) is 0. The van der Waals surface area contributed by atoms with Crippen molar-refractivity contribution < 1.29 is 28.3 Å². The molecule has 0 saturated carbocycles. The molecule has 3 rings (SSSR count). The molecule has 0 fully saturated rings. The highest BCUT2D eigenvalue weighted by Gasteiger charge is 2.35. The van der Waals surface area contributed by atoms with Gasteiger partial charge in [-0.1, -0.05) is 12.1 Å². The first-order chi connectivity index (χ1) is 12.5. The number of carbonyl (C=O) groups is 4. The van der Waals surface area contributed by atoms with Crippen LogP contribution < -0.4 is 5.32 Å². The summed E-state index contributed by atoms with van der Waals surface area (Å²) in [6.45, 7) is 1.76. The number of anilines is 1. The molecule has 1 aliphatic rings. The van der Waals surface area contributed by atoms with E-state index in [0.29, 0.717) is 11.1 Å². The van der Waals surface area contributed by atoms with Crippen molar-refractivity contribution in [2.24, 2.45) is 0 Å². The number of fused-ring (bicyclic) bond motifs is 1. The lowest BCUT2D eigenvalue weighted by Gasteiger charge is -2.12. The molecule has 1 aromatic heterocycles. The van der Waals surface area contributed by atoms with Crippen LogP contribution in [0.25, 0.3) is 0 Å². The summed E-state index contributed by atoms with van der Waals surface area (Å²) in [5.41, 5.74) is 0.580. The minimum atomic E-state index is -0.664. The monoisotopic (exact) mass is 357 g/mol. The summed E-state index contributed by atoms with van der Waals surface area (Å²) >= 11 is 0. The van der Waals surface area contributed by atoms with Crippen LogP contribution >= 0.6 is 0 Å². The fourth-order valence-electron chi connectivity index (χ4n) is 2.47. The van der Waals surface area contributed by atoms with E-state index in [1.165, 1.54) is 0 Å². The molecule has 0 atom stereocenters. The Kier molecular flexibility index (Phi) is 4.78. The summed E-state index contributed by atoms with van der Waals surface area (Å²) in [4.78, 5) is 52.7. The van der Waals surface area contributed by atoms with E-state index < -0.39 is 23.7 Å². The maximum absolute atomic E-state index is 12.2. The Hall–Kier alpha value is -3.49. The van der Waals surface area contributed by atoms with Gasteiger partial charge in [0.05, 0.1) is 17.7 Å². The van der Waals surface area contributed by atoms with Crippen LogP contribution in [-0.2, 0) is 9.53 Å². The smallest absolute Gasteiger partial charge is 0.360 e. The number of carbonyl (C=O) groups excluding carboxylic acids is 4. The SMILES string of the molecule is CCOC(=O)c1coc(NC(=O)CCN2C(=O)c3ccccc3C2=O)n1. The van der Waals surface area contributed by atoms with Gasteiger partial charge in [-0.15, -0.1) is 0 Å². The van der Waals surface area contributed by atoms with Crippen LogP contribution in [0.5, 0.6) is 0 Å². The quantitative estimate of drug-likeness (QED) is 0.614. The van der Waals surface area contributed by atoms with Crippen LogP contribution in [0.3, 0.4) is 0 Å². The zero-order chi connectivity index (χ0) is 18.7. The average molecular weight is 357 g/mol. The molecule has 0 saturated heterocycles. The number of hydrogen-bond donors (Lipinski definition) is 1. The van der Waals surface area contributed by atoms with Crippen molar-refractivity contribution in [2.45, 2.75) is 13.3 Å². The zero-order valence-electron chi connectivity index (χ0n) is 13.9. The predicted molar refractivity (Wildman–Crippen MR) is 87.5 cm³/mol. The second-order valence-electron chi connectivity index (χ2n) is 5.36. The molecule has 0 radical (unpaired) electrons. The number of amides is 3. The minimum Gasteiger partial charge on any atom is -0.461 e. The molecule has 2 heterocycles. The molecule has 0 spiro atoms. The standard InChI is InChI=1S/C17H15N3O6/c1-2-25-16(24)12-9-26-17(18-12)19-13(21)7-8-20-14(22)10-5-3-4-6-11(10)15(20)23/h3-6,9H,2,7-8H2,1H3,(H,18,19,21). The fourth-order valence-corrected chi connectivity index (χ4v) is 2.47. The first kappa shape index (κ1) is 17.3. The van der Waals surface area contributed by atoms with Crippen LogP contribution in [0.15, 0.2) is 34.9 Å². The number of nitrogens with zero attached hydrogens (tertiary/aromatic N) is 2. The van der Waals surface area contributed by atoms with E-state index in [2.05, 4.69) is 10.3 Å². The number of aromatic nitrogens is 1. The lowest BCUT2D eigenvalue weighted by molar-refractivity contribution is -0.116. The van der Waals surface area contributed by atoms with Gasteiger partial charge in [-0.2, -0.15) is 4.98 Å². The molecule has 26 heavy (non-hydrogen) atoms. The highest BCUT2D eigenvalue weighted by molar-refractivity contribution is 6.21. The van der Waals surface area contributed by atoms with E-state index in [0.717, 1.165) is 11.2 Å². The van der Waals surface area contributed by atoms with Crippen molar-refractivity contribution in [1.82, 2.24) is 9.88 Å². The molecule has 0 bridgehead atoms. The van der Waals surface area contributed by atoms with E-state index in [-0.39, 0.29) is 31.3 Å². The van der Waals surface area contributed by atoms with E-state index in [9.17, 15) is 19.2 Å².